The lowest BCUT2D eigenvalue weighted by molar-refractivity contribution is -0.131. The van der Waals surface area contributed by atoms with Crippen LogP contribution in [0.2, 0.25) is 0 Å². The minimum Gasteiger partial charge on any atom is -0.339 e. The van der Waals surface area contributed by atoms with Gasteiger partial charge in [-0.1, -0.05) is 20.3 Å². The molecule has 94 valence electrons. The molecule has 4 nitrogen and oxygen atoms in total. The van der Waals surface area contributed by atoms with E-state index in [2.05, 4.69) is 32.8 Å². The van der Waals surface area contributed by atoms with Crippen LogP contribution in [-0.2, 0) is 4.79 Å². The zero-order chi connectivity index (χ0) is 12.3. The van der Waals surface area contributed by atoms with Gasteiger partial charge < -0.3 is 15.5 Å². The molecular weight excluding hydrogens is 202 g/mol. The van der Waals surface area contributed by atoms with Crippen LogP contribution >= 0.6 is 0 Å². The fourth-order valence-corrected chi connectivity index (χ4v) is 2.47. The lowest BCUT2D eigenvalue weighted by Gasteiger charge is -2.23. The van der Waals surface area contributed by atoms with Crippen LogP contribution in [0.25, 0.3) is 0 Å². The van der Waals surface area contributed by atoms with Crippen molar-refractivity contribution in [1.82, 2.24) is 9.80 Å². The number of nitrogens with zero attached hydrogens (tertiary/aromatic N) is 2. The molecule has 1 rings (SSSR count). The van der Waals surface area contributed by atoms with Crippen molar-refractivity contribution in [1.29, 1.82) is 0 Å². The van der Waals surface area contributed by atoms with Crippen molar-refractivity contribution in [2.45, 2.75) is 38.8 Å². The van der Waals surface area contributed by atoms with Gasteiger partial charge in [0.25, 0.3) is 0 Å². The van der Waals surface area contributed by atoms with Crippen molar-refractivity contribution in [2.24, 2.45) is 11.7 Å². The van der Waals surface area contributed by atoms with Gasteiger partial charge >= 0.3 is 0 Å². The molecule has 0 spiro atoms. The van der Waals surface area contributed by atoms with Crippen LogP contribution in [-0.4, -0.2) is 55.0 Å². The number of likely N-dealkylation sites (tertiary alicyclic amines) is 1. The first-order valence-corrected chi connectivity index (χ1v) is 6.18. The summed E-state index contributed by atoms with van der Waals surface area (Å²) in [7, 11) is 4.14. The van der Waals surface area contributed by atoms with E-state index in [0.717, 1.165) is 25.9 Å². The van der Waals surface area contributed by atoms with E-state index in [-0.39, 0.29) is 11.9 Å². The van der Waals surface area contributed by atoms with E-state index in [1.807, 2.05) is 4.90 Å². The molecule has 3 atom stereocenters. The van der Waals surface area contributed by atoms with E-state index >= 15 is 0 Å². The fourth-order valence-electron chi connectivity index (χ4n) is 2.47. The monoisotopic (exact) mass is 227 g/mol. The molecular formula is C12H25N3O. The Labute approximate surface area is 98.8 Å². The molecule has 0 bridgehead atoms. The van der Waals surface area contributed by atoms with Crippen LogP contribution < -0.4 is 5.73 Å². The Balaban J connectivity index is 2.54. The van der Waals surface area contributed by atoms with E-state index in [1.165, 1.54) is 0 Å². The third-order valence-corrected chi connectivity index (χ3v) is 3.46. The summed E-state index contributed by atoms with van der Waals surface area (Å²) in [6.45, 7) is 5.93. The van der Waals surface area contributed by atoms with Crippen LogP contribution in [0.15, 0.2) is 0 Å². The van der Waals surface area contributed by atoms with Gasteiger partial charge in [0.1, 0.15) is 0 Å². The first-order chi connectivity index (χ1) is 7.47. The Morgan fingerprint density at radius 1 is 1.50 bits per heavy atom. The van der Waals surface area contributed by atoms with Gasteiger partial charge in [-0.15, -0.1) is 0 Å². The van der Waals surface area contributed by atoms with Crippen LogP contribution in [0.3, 0.4) is 0 Å². The highest BCUT2D eigenvalue weighted by Crippen LogP contribution is 2.20. The van der Waals surface area contributed by atoms with Crippen molar-refractivity contribution < 1.29 is 4.79 Å². The van der Waals surface area contributed by atoms with E-state index < -0.39 is 0 Å². The van der Waals surface area contributed by atoms with Crippen LogP contribution in [0.5, 0.6) is 0 Å². The molecule has 0 aromatic carbocycles. The van der Waals surface area contributed by atoms with Gasteiger partial charge in [0.15, 0.2) is 0 Å². The Hall–Kier alpha value is -0.610. The lowest BCUT2D eigenvalue weighted by Crippen LogP contribution is -2.43. The third-order valence-electron chi connectivity index (χ3n) is 3.46. The van der Waals surface area contributed by atoms with Crippen LogP contribution in [0, 0.1) is 5.92 Å². The number of likely N-dealkylation sites (N-methyl/N-ethyl adjacent to an activating group) is 1. The summed E-state index contributed by atoms with van der Waals surface area (Å²) in [5.74, 6) is 0.658. The predicted molar refractivity (Wildman–Crippen MR) is 66.1 cm³/mol. The summed E-state index contributed by atoms with van der Waals surface area (Å²) in [5.41, 5.74) is 5.87. The molecule has 0 saturated carbocycles. The second-order valence-corrected chi connectivity index (χ2v) is 5.15. The van der Waals surface area contributed by atoms with Crippen molar-refractivity contribution in [2.75, 3.05) is 27.2 Å². The third kappa shape index (κ3) is 2.95. The van der Waals surface area contributed by atoms with Gasteiger partial charge in [-0.3, -0.25) is 4.79 Å². The summed E-state index contributed by atoms with van der Waals surface area (Å²) in [5, 5.41) is 0. The predicted octanol–water partition coefficient (Wildman–Crippen LogP) is 0.522. The number of hydrogen-bond acceptors (Lipinski definition) is 3. The van der Waals surface area contributed by atoms with Gasteiger partial charge in [0.05, 0.1) is 6.04 Å². The lowest BCUT2D eigenvalue weighted by atomic mass is 10.1. The average molecular weight is 227 g/mol. The van der Waals surface area contributed by atoms with Gasteiger partial charge in [0, 0.05) is 19.1 Å². The van der Waals surface area contributed by atoms with Gasteiger partial charge in [-0.25, -0.2) is 0 Å². The molecule has 4 heteroatoms. The molecule has 1 aliphatic rings. The van der Waals surface area contributed by atoms with Crippen molar-refractivity contribution in [3.63, 3.8) is 0 Å². The maximum absolute atomic E-state index is 12.0. The topological polar surface area (TPSA) is 49.6 Å². The number of rotatable bonds is 4. The molecule has 1 fully saturated rings. The summed E-state index contributed by atoms with van der Waals surface area (Å²) in [6, 6.07) is 0.163. The highest BCUT2D eigenvalue weighted by molar-refractivity contribution is 5.82. The molecule has 16 heavy (non-hydrogen) atoms. The quantitative estimate of drug-likeness (QED) is 0.762. The normalized spacial score (nSPS) is 27.5. The molecule has 0 aromatic heterocycles. The van der Waals surface area contributed by atoms with Crippen LogP contribution in [0.1, 0.15) is 26.7 Å². The minimum atomic E-state index is -0.307. The molecule has 1 aliphatic heterocycles. The molecule has 1 amide bonds. The summed E-state index contributed by atoms with van der Waals surface area (Å²) < 4.78 is 0. The van der Waals surface area contributed by atoms with E-state index in [1.54, 1.807) is 0 Å². The second kappa shape index (κ2) is 5.64. The maximum atomic E-state index is 12.0. The Bertz CT molecular complexity index is 242. The maximum Gasteiger partial charge on any atom is 0.239 e. The Kier molecular flexibility index (Phi) is 4.74. The first kappa shape index (κ1) is 13.5. The molecule has 1 heterocycles. The van der Waals surface area contributed by atoms with Gasteiger partial charge in [0.2, 0.25) is 5.91 Å². The van der Waals surface area contributed by atoms with Gasteiger partial charge in [-0.05, 0) is 26.4 Å². The fraction of sp³-hybridized carbons (Fsp3) is 0.917. The Morgan fingerprint density at radius 3 is 2.56 bits per heavy atom. The number of nitrogens with two attached hydrogens (primary N) is 1. The standard InChI is InChI=1S/C12H25N3O/c1-5-6-10(13)12(16)15-7-9(2)11(8-15)14(3)4/h9-11H,5-8,13H2,1-4H3. The molecule has 2 N–H and O–H groups in total. The zero-order valence-corrected chi connectivity index (χ0v) is 10.9. The number of carbonyl (C=O) groups is 1. The van der Waals surface area contributed by atoms with E-state index in [9.17, 15) is 4.79 Å². The van der Waals surface area contributed by atoms with Crippen molar-refractivity contribution in [3.05, 3.63) is 0 Å². The van der Waals surface area contributed by atoms with Crippen molar-refractivity contribution in [3.8, 4) is 0 Å². The minimum absolute atomic E-state index is 0.123. The highest BCUT2D eigenvalue weighted by Gasteiger charge is 2.34. The Morgan fingerprint density at radius 2 is 2.12 bits per heavy atom. The molecule has 0 radical (unpaired) electrons. The largest absolute Gasteiger partial charge is 0.339 e. The summed E-state index contributed by atoms with van der Waals surface area (Å²) in [6.07, 6.45) is 1.75. The number of amides is 1. The van der Waals surface area contributed by atoms with E-state index in [0.29, 0.717) is 12.0 Å². The number of carbonyl (C=O) groups excluding carboxylic acids is 1. The summed E-state index contributed by atoms with van der Waals surface area (Å²) in [4.78, 5) is 16.2. The van der Waals surface area contributed by atoms with E-state index in [4.69, 9.17) is 5.73 Å². The highest BCUT2D eigenvalue weighted by atomic mass is 16.2. The van der Waals surface area contributed by atoms with Crippen LogP contribution in [0.4, 0.5) is 0 Å². The first-order valence-electron chi connectivity index (χ1n) is 6.18. The van der Waals surface area contributed by atoms with Crippen molar-refractivity contribution >= 4 is 5.91 Å². The number of hydrogen-bond donors (Lipinski definition) is 1. The molecule has 3 unspecified atom stereocenters. The van der Waals surface area contributed by atoms with Gasteiger partial charge in [-0.2, -0.15) is 0 Å². The SMILES string of the molecule is CCCC(N)C(=O)N1CC(C)C(N(C)C)C1. The zero-order valence-electron chi connectivity index (χ0n) is 10.9. The smallest absolute Gasteiger partial charge is 0.239 e. The molecule has 0 aromatic rings. The average Bonchev–Trinajstić information content (AvgIpc) is 2.59. The molecule has 1 saturated heterocycles. The molecule has 0 aliphatic carbocycles. The second-order valence-electron chi connectivity index (χ2n) is 5.15. The summed E-state index contributed by atoms with van der Waals surface area (Å²) >= 11 is 0.